The Bertz CT molecular complexity index is 668. The third-order valence-corrected chi connectivity index (χ3v) is 6.71. The Morgan fingerprint density at radius 3 is 2.76 bits per heavy atom. The first-order chi connectivity index (χ1) is 13.8. The van der Waals surface area contributed by atoms with Crippen LogP contribution in [0.15, 0.2) is 23.8 Å². The first kappa shape index (κ1) is 22.0. The molecule has 1 heterocycles. The van der Waals surface area contributed by atoms with Gasteiger partial charge in [-0.25, -0.2) is 0 Å². The lowest BCUT2D eigenvalue weighted by Crippen LogP contribution is -2.43. The van der Waals surface area contributed by atoms with Crippen molar-refractivity contribution in [1.82, 2.24) is 0 Å². The summed E-state index contributed by atoms with van der Waals surface area (Å²) >= 11 is 0. The summed E-state index contributed by atoms with van der Waals surface area (Å²) in [4.78, 5) is 24.1. The van der Waals surface area contributed by atoms with E-state index in [2.05, 4.69) is 13.0 Å². The molecular weight excluding hydrogens is 372 g/mol. The Kier molecular flexibility index (Phi) is 7.17. The van der Waals surface area contributed by atoms with E-state index in [-0.39, 0.29) is 54.2 Å². The van der Waals surface area contributed by atoms with E-state index in [9.17, 15) is 19.8 Å². The van der Waals surface area contributed by atoms with Crippen molar-refractivity contribution in [3.05, 3.63) is 23.8 Å². The minimum atomic E-state index is -0.630. The summed E-state index contributed by atoms with van der Waals surface area (Å²) in [6.45, 7) is 5.97. The average molecular weight is 407 g/mol. The lowest BCUT2D eigenvalue weighted by atomic mass is 9.66. The highest BCUT2D eigenvalue weighted by Gasteiger charge is 2.42. The van der Waals surface area contributed by atoms with Crippen molar-refractivity contribution in [2.24, 2.45) is 23.7 Å². The van der Waals surface area contributed by atoms with Gasteiger partial charge in [0.2, 0.25) is 0 Å². The SMILES string of the molecule is CC[C@@H](C)C(=O)O[C@@H]1C[C@@H](O)C=C2C=C[C@@H](C)[C@@H](CC[C@H]3C[C@H](O)CC(=O)O3)[C@@H]21. The molecule has 0 aromatic heterocycles. The van der Waals surface area contributed by atoms with Crippen molar-refractivity contribution >= 4 is 11.9 Å². The molecule has 6 heteroatoms. The second-order valence-electron chi connectivity index (χ2n) is 8.95. The number of aliphatic hydroxyl groups is 2. The smallest absolute Gasteiger partial charge is 0.308 e. The van der Waals surface area contributed by atoms with Crippen LogP contribution in [0, 0.1) is 23.7 Å². The van der Waals surface area contributed by atoms with E-state index < -0.39 is 12.2 Å². The van der Waals surface area contributed by atoms with Gasteiger partial charge in [-0.05, 0) is 36.7 Å². The van der Waals surface area contributed by atoms with Crippen LogP contribution in [0.2, 0.25) is 0 Å². The van der Waals surface area contributed by atoms with Gasteiger partial charge in [-0.3, -0.25) is 9.59 Å². The molecule has 2 N–H and O–H groups in total. The molecule has 0 radical (unpaired) electrons. The van der Waals surface area contributed by atoms with Crippen LogP contribution in [-0.4, -0.2) is 46.6 Å². The summed E-state index contributed by atoms with van der Waals surface area (Å²) < 4.78 is 11.3. The summed E-state index contributed by atoms with van der Waals surface area (Å²) in [5.41, 5.74) is 1.02. The number of hydrogen-bond acceptors (Lipinski definition) is 6. The Morgan fingerprint density at radius 1 is 1.31 bits per heavy atom. The largest absolute Gasteiger partial charge is 0.462 e. The fourth-order valence-corrected chi connectivity index (χ4v) is 4.84. The molecule has 6 nitrogen and oxygen atoms in total. The zero-order valence-corrected chi connectivity index (χ0v) is 17.6. The number of ether oxygens (including phenoxy) is 2. The molecule has 3 rings (SSSR count). The molecule has 1 aliphatic heterocycles. The van der Waals surface area contributed by atoms with Gasteiger partial charge in [-0.1, -0.05) is 39.0 Å². The molecule has 1 fully saturated rings. The third kappa shape index (κ3) is 5.28. The lowest BCUT2D eigenvalue weighted by molar-refractivity contribution is -0.162. The molecule has 2 aliphatic carbocycles. The Morgan fingerprint density at radius 2 is 2.07 bits per heavy atom. The lowest BCUT2D eigenvalue weighted by Gasteiger charge is -2.43. The average Bonchev–Trinajstić information content (AvgIpc) is 2.65. The number of cyclic esters (lactones) is 1. The van der Waals surface area contributed by atoms with Gasteiger partial charge < -0.3 is 19.7 Å². The van der Waals surface area contributed by atoms with E-state index in [0.717, 1.165) is 18.4 Å². The standard InChI is InChI=1S/C23H34O6/c1-4-13(2)23(27)29-20-11-16(24)9-15-6-5-14(3)19(22(15)20)8-7-18-10-17(25)12-21(26)28-18/h5-6,9,13-14,16-20,22,24-25H,4,7-8,10-12H2,1-3H3/t13-,14-,16+,17+,18+,19-,20-,22-/m1/s1. The second kappa shape index (κ2) is 9.43. The van der Waals surface area contributed by atoms with Gasteiger partial charge in [-0.2, -0.15) is 0 Å². The molecular formula is C23H34O6. The number of aliphatic hydroxyl groups excluding tert-OH is 2. The molecule has 0 aromatic carbocycles. The van der Waals surface area contributed by atoms with Gasteiger partial charge in [-0.15, -0.1) is 0 Å². The number of carbonyl (C=O) groups is 2. The van der Waals surface area contributed by atoms with Gasteiger partial charge in [0.05, 0.1) is 24.5 Å². The summed E-state index contributed by atoms with van der Waals surface area (Å²) in [5, 5.41) is 20.2. The molecule has 162 valence electrons. The molecule has 0 amide bonds. The van der Waals surface area contributed by atoms with E-state index in [1.807, 2.05) is 26.0 Å². The van der Waals surface area contributed by atoms with Crippen LogP contribution in [0.5, 0.6) is 0 Å². The summed E-state index contributed by atoms with van der Waals surface area (Å²) in [7, 11) is 0. The molecule has 29 heavy (non-hydrogen) atoms. The topological polar surface area (TPSA) is 93.1 Å². The van der Waals surface area contributed by atoms with Gasteiger partial charge in [0.25, 0.3) is 0 Å². The first-order valence-corrected chi connectivity index (χ1v) is 10.9. The van der Waals surface area contributed by atoms with Crippen molar-refractivity contribution in [3.63, 3.8) is 0 Å². The molecule has 0 saturated carbocycles. The molecule has 3 aliphatic rings. The van der Waals surface area contributed by atoms with Crippen molar-refractivity contribution in [2.75, 3.05) is 0 Å². The molecule has 0 bridgehead atoms. The van der Waals surface area contributed by atoms with Crippen LogP contribution in [0.4, 0.5) is 0 Å². The normalized spacial score (nSPS) is 37.9. The molecule has 0 aromatic rings. The zero-order valence-electron chi connectivity index (χ0n) is 17.6. The van der Waals surface area contributed by atoms with Gasteiger partial charge in [0, 0.05) is 18.8 Å². The van der Waals surface area contributed by atoms with Crippen molar-refractivity contribution in [2.45, 2.75) is 83.7 Å². The summed E-state index contributed by atoms with van der Waals surface area (Å²) in [5.74, 6) is -0.203. The zero-order chi connectivity index (χ0) is 21.1. The fourth-order valence-electron chi connectivity index (χ4n) is 4.84. The van der Waals surface area contributed by atoms with E-state index in [1.54, 1.807) is 0 Å². The van der Waals surface area contributed by atoms with Crippen molar-refractivity contribution in [3.8, 4) is 0 Å². The highest BCUT2D eigenvalue weighted by atomic mass is 16.6. The van der Waals surface area contributed by atoms with Crippen LogP contribution in [0.25, 0.3) is 0 Å². The van der Waals surface area contributed by atoms with E-state index in [0.29, 0.717) is 19.3 Å². The van der Waals surface area contributed by atoms with Crippen LogP contribution in [0.3, 0.4) is 0 Å². The fraction of sp³-hybridized carbons (Fsp3) is 0.739. The maximum Gasteiger partial charge on any atom is 0.308 e. The highest BCUT2D eigenvalue weighted by molar-refractivity contribution is 5.72. The molecule has 0 spiro atoms. The number of fused-ring (bicyclic) bond motifs is 1. The van der Waals surface area contributed by atoms with Gasteiger partial charge in [0.1, 0.15) is 12.2 Å². The van der Waals surface area contributed by atoms with E-state index >= 15 is 0 Å². The molecule has 8 atom stereocenters. The molecule has 0 unspecified atom stereocenters. The minimum absolute atomic E-state index is 0.0237. The number of carbonyl (C=O) groups excluding carboxylic acids is 2. The maximum absolute atomic E-state index is 12.5. The van der Waals surface area contributed by atoms with Gasteiger partial charge >= 0.3 is 11.9 Å². The number of esters is 2. The Labute approximate surface area is 173 Å². The summed E-state index contributed by atoms with van der Waals surface area (Å²) in [6.07, 6.45) is 7.31. The van der Waals surface area contributed by atoms with Crippen molar-refractivity contribution < 1.29 is 29.3 Å². The minimum Gasteiger partial charge on any atom is -0.462 e. The van der Waals surface area contributed by atoms with E-state index in [1.165, 1.54) is 0 Å². The van der Waals surface area contributed by atoms with Crippen LogP contribution < -0.4 is 0 Å². The van der Waals surface area contributed by atoms with Crippen LogP contribution in [-0.2, 0) is 19.1 Å². The predicted molar refractivity (Wildman–Crippen MR) is 108 cm³/mol. The molecule has 1 saturated heterocycles. The Balaban J connectivity index is 1.74. The first-order valence-electron chi connectivity index (χ1n) is 10.9. The highest BCUT2D eigenvalue weighted by Crippen LogP contribution is 2.44. The van der Waals surface area contributed by atoms with Crippen LogP contribution in [0.1, 0.15) is 59.3 Å². The number of hydrogen-bond donors (Lipinski definition) is 2. The second-order valence-corrected chi connectivity index (χ2v) is 8.95. The monoisotopic (exact) mass is 406 g/mol. The van der Waals surface area contributed by atoms with E-state index in [4.69, 9.17) is 9.47 Å². The van der Waals surface area contributed by atoms with Crippen LogP contribution >= 0.6 is 0 Å². The number of rotatable bonds is 6. The Hall–Kier alpha value is -1.66. The number of allylic oxidation sites excluding steroid dienone is 2. The quantitative estimate of drug-likeness (QED) is 0.659. The predicted octanol–water partition coefficient (Wildman–Crippen LogP) is 2.92. The summed E-state index contributed by atoms with van der Waals surface area (Å²) in [6, 6.07) is 0. The van der Waals surface area contributed by atoms with Crippen molar-refractivity contribution in [1.29, 1.82) is 0 Å². The third-order valence-electron chi connectivity index (χ3n) is 6.71. The van der Waals surface area contributed by atoms with Gasteiger partial charge in [0.15, 0.2) is 0 Å². The maximum atomic E-state index is 12.5.